The Bertz CT molecular complexity index is 1450. The number of para-hydroxylation sites is 1. The SMILES string of the molecule is Cc1ccccc1N1CCCSC1=NN=Cc1ccc(-c2ncn(-c3ccc(OC(F)(F)F)cc3)n2)cc1. The number of hydrogen-bond donors (Lipinski definition) is 0. The number of benzene rings is 3. The van der Waals surface area contributed by atoms with Crippen molar-refractivity contribution in [1.82, 2.24) is 14.8 Å². The van der Waals surface area contributed by atoms with Gasteiger partial charge >= 0.3 is 6.36 Å². The van der Waals surface area contributed by atoms with E-state index in [9.17, 15) is 13.2 Å². The van der Waals surface area contributed by atoms with Crippen LogP contribution in [0.1, 0.15) is 17.5 Å². The number of ether oxygens (including phenoxy) is 1. The van der Waals surface area contributed by atoms with Crippen LogP contribution in [0.15, 0.2) is 89.3 Å². The third-order valence-corrected chi connectivity index (χ3v) is 6.79. The van der Waals surface area contributed by atoms with Gasteiger partial charge in [-0.25, -0.2) is 9.67 Å². The van der Waals surface area contributed by atoms with Crippen LogP contribution in [0.2, 0.25) is 0 Å². The van der Waals surface area contributed by atoms with Crippen molar-refractivity contribution in [2.45, 2.75) is 19.7 Å². The molecule has 0 unspecified atom stereocenters. The molecule has 0 atom stereocenters. The molecule has 2 heterocycles. The van der Waals surface area contributed by atoms with Crippen LogP contribution in [0, 0.1) is 6.92 Å². The van der Waals surface area contributed by atoms with Crippen molar-refractivity contribution in [3.63, 3.8) is 0 Å². The van der Waals surface area contributed by atoms with Gasteiger partial charge in [0.15, 0.2) is 11.0 Å². The Balaban J connectivity index is 1.26. The van der Waals surface area contributed by atoms with Gasteiger partial charge in [-0.2, -0.15) is 5.10 Å². The highest BCUT2D eigenvalue weighted by molar-refractivity contribution is 8.14. The predicted molar refractivity (Wildman–Crippen MR) is 144 cm³/mol. The van der Waals surface area contributed by atoms with Crippen molar-refractivity contribution < 1.29 is 17.9 Å². The Morgan fingerprint density at radius 1 is 1.00 bits per heavy atom. The normalized spacial score (nSPS) is 15.4. The van der Waals surface area contributed by atoms with Crippen LogP contribution in [0.4, 0.5) is 18.9 Å². The first-order chi connectivity index (χ1) is 18.4. The lowest BCUT2D eigenvalue weighted by molar-refractivity contribution is -0.274. The molecule has 194 valence electrons. The highest BCUT2D eigenvalue weighted by Crippen LogP contribution is 2.28. The van der Waals surface area contributed by atoms with Crippen LogP contribution >= 0.6 is 11.8 Å². The highest BCUT2D eigenvalue weighted by Gasteiger charge is 2.31. The average molecular weight is 537 g/mol. The fourth-order valence-electron chi connectivity index (χ4n) is 3.92. The number of hydrogen-bond acceptors (Lipinski definition) is 6. The first kappa shape index (κ1) is 25.5. The van der Waals surface area contributed by atoms with Crippen LogP contribution in [0.3, 0.4) is 0 Å². The lowest BCUT2D eigenvalue weighted by Gasteiger charge is -2.30. The Kier molecular flexibility index (Phi) is 7.45. The van der Waals surface area contributed by atoms with E-state index in [2.05, 4.69) is 49.0 Å². The van der Waals surface area contributed by atoms with Crippen molar-refractivity contribution in [1.29, 1.82) is 0 Å². The molecule has 1 fully saturated rings. The lowest BCUT2D eigenvalue weighted by atomic mass is 10.1. The van der Waals surface area contributed by atoms with E-state index >= 15 is 0 Å². The molecule has 0 saturated carbocycles. The molecular formula is C27H23F3N6OS. The summed E-state index contributed by atoms with van der Waals surface area (Å²) >= 11 is 1.70. The zero-order valence-electron chi connectivity index (χ0n) is 20.3. The van der Waals surface area contributed by atoms with Gasteiger partial charge in [0.1, 0.15) is 12.1 Å². The molecule has 1 aliphatic heterocycles. The molecule has 4 aromatic rings. The predicted octanol–water partition coefficient (Wildman–Crippen LogP) is 6.47. The summed E-state index contributed by atoms with van der Waals surface area (Å²) in [5.74, 6) is 1.20. The smallest absolute Gasteiger partial charge is 0.406 e. The quantitative estimate of drug-likeness (QED) is 0.209. The van der Waals surface area contributed by atoms with Crippen molar-refractivity contribution in [2.24, 2.45) is 10.2 Å². The van der Waals surface area contributed by atoms with Crippen LogP contribution in [-0.4, -0.2) is 44.8 Å². The molecule has 0 bridgehead atoms. The summed E-state index contributed by atoms with van der Waals surface area (Å²) in [5.41, 5.74) is 4.57. The maximum Gasteiger partial charge on any atom is 0.573 e. The van der Waals surface area contributed by atoms with Crippen molar-refractivity contribution in [3.05, 3.63) is 90.3 Å². The topological polar surface area (TPSA) is 67.9 Å². The standard InChI is InChI=1S/C27H23F3N6OS/c1-19-5-2-3-6-24(19)35-15-4-16-38-26(35)33-32-17-20-7-9-21(10-8-20)25-31-18-36(34-25)22-11-13-23(14-12-22)37-27(28,29)30/h2-3,5-14,17-18H,4,15-16H2,1H3. The summed E-state index contributed by atoms with van der Waals surface area (Å²) in [4.78, 5) is 6.53. The Hall–Kier alpha value is -4.12. The number of rotatable bonds is 6. The number of aromatic nitrogens is 3. The zero-order valence-corrected chi connectivity index (χ0v) is 21.2. The van der Waals surface area contributed by atoms with E-state index in [0.717, 1.165) is 40.7 Å². The van der Waals surface area contributed by atoms with Gasteiger partial charge in [0.05, 0.1) is 11.9 Å². The van der Waals surface area contributed by atoms with Crippen molar-refractivity contribution in [3.8, 4) is 22.8 Å². The van der Waals surface area contributed by atoms with Crippen LogP contribution in [-0.2, 0) is 0 Å². The minimum Gasteiger partial charge on any atom is -0.406 e. The largest absolute Gasteiger partial charge is 0.573 e. The molecule has 38 heavy (non-hydrogen) atoms. The van der Waals surface area contributed by atoms with Crippen molar-refractivity contribution in [2.75, 3.05) is 17.2 Å². The van der Waals surface area contributed by atoms with E-state index in [4.69, 9.17) is 0 Å². The van der Waals surface area contributed by atoms with Gasteiger partial charge in [0.2, 0.25) is 0 Å². The number of alkyl halides is 3. The number of amidine groups is 1. The molecule has 0 aliphatic carbocycles. The van der Waals surface area contributed by atoms with Gasteiger partial charge in [0, 0.05) is 23.5 Å². The number of aryl methyl sites for hydroxylation is 1. The molecule has 11 heteroatoms. The molecule has 1 aliphatic rings. The second kappa shape index (κ2) is 11.1. The molecule has 0 spiro atoms. The summed E-state index contributed by atoms with van der Waals surface area (Å²) in [5, 5.41) is 14.1. The van der Waals surface area contributed by atoms with Gasteiger partial charge in [-0.05, 0) is 54.8 Å². The Labute approximate surface area is 221 Å². The van der Waals surface area contributed by atoms with Gasteiger partial charge in [0.25, 0.3) is 0 Å². The maximum absolute atomic E-state index is 12.4. The van der Waals surface area contributed by atoms with Crippen LogP contribution in [0.25, 0.3) is 17.1 Å². The van der Waals surface area contributed by atoms with Gasteiger partial charge < -0.3 is 9.64 Å². The molecule has 1 saturated heterocycles. The second-order valence-electron chi connectivity index (χ2n) is 8.44. The summed E-state index contributed by atoms with van der Waals surface area (Å²) in [6, 6.07) is 21.2. The Morgan fingerprint density at radius 2 is 1.76 bits per heavy atom. The molecule has 7 nitrogen and oxygen atoms in total. The number of halogens is 3. The molecule has 1 aromatic heterocycles. The minimum absolute atomic E-state index is 0.297. The number of anilines is 1. The second-order valence-corrected chi connectivity index (χ2v) is 9.51. The van der Waals surface area contributed by atoms with E-state index in [1.807, 2.05) is 36.4 Å². The molecule has 0 radical (unpaired) electrons. The molecule has 0 amide bonds. The first-order valence-electron chi connectivity index (χ1n) is 11.8. The third kappa shape index (κ3) is 6.23. The fourth-order valence-corrected chi connectivity index (χ4v) is 4.82. The molecule has 5 rings (SSSR count). The monoisotopic (exact) mass is 536 g/mol. The Morgan fingerprint density at radius 3 is 2.50 bits per heavy atom. The zero-order chi connectivity index (χ0) is 26.5. The van der Waals surface area contributed by atoms with Gasteiger partial charge in [-0.3, -0.25) is 0 Å². The summed E-state index contributed by atoms with van der Waals surface area (Å²) in [7, 11) is 0. The fraction of sp³-hybridized carbons (Fsp3) is 0.185. The number of thioether (sulfide) groups is 1. The lowest BCUT2D eigenvalue weighted by Crippen LogP contribution is -2.34. The van der Waals surface area contributed by atoms with E-state index in [1.165, 1.54) is 40.8 Å². The van der Waals surface area contributed by atoms with Gasteiger partial charge in [-0.1, -0.05) is 54.2 Å². The van der Waals surface area contributed by atoms with E-state index in [0.29, 0.717) is 11.5 Å². The summed E-state index contributed by atoms with van der Waals surface area (Å²) in [6.07, 6.45) is -0.436. The van der Waals surface area contributed by atoms with Crippen LogP contribution < -0.4 is 9.64 Å². The highest BCUT2D eigenvalue weighted by atomic mass is 32.2. The number of nitrogens with zero attached hydrogens (tertiary/aromatic N) is 6. The molecule has 3 aromatic carbocycles. The molecular weight excluding hydrogens is 513 g/mol. The minimum atomic E-state index is -4.73. The van der Waals surface area contributed by atoms with E-state index < -0.39 is 6.36 Å². The molecule has 0 N–H and O–H groups in total. The average Bonchev–Trinajstić information content (AvgIpc) is 3.40. The van der Waals surface area contributed by atoms with Crippen LogP contribution in [0.5, 0.6) is 5.75 Å². The summed E-state index contributed by atoms with van der Waals surface area (Å²) in [6.45, 7) is 3.00. The van der Waals surface area contributed by atoms with Gasteiger partial charge in [-0.15, -0.1) is 23.4 Å². The van der Waals surface area contributed by atoms with E-state index in [-0.39, 0.29) is 5.75 Å². The van der Waals surface area contributed by atoms with Crippen molar-refractivity contribution >= 4 is 28.8 Å². The van der Waals surface area contributed by atoms with E-state index in [1.54, 1.807) is 18.0 Å². The summed E-state index contributed by atoms with van der Waals surface area (Å²) < 4.78 is 42.5. The maximum atomic E-state index is 12.4. The first-order valence-corrected chi connectivity index (χ1v) is 12.8. The third-order valence-electron chi connectivity index (χ3n) is 5.74.